The fourth-order valence-corrected chi connectivity index (χ4v) is 6.76. The second-order valence-electron chi connectivity index (χ2n) is 8.33. The highest BCUT2D eigenvalue weighted by Crippen LogP contribution is 2.56. The number of carbonyl (C=O) groups is 3. The van der Waals surface area contributed by atoms with Crippen molar-refractivity contribution in [1.82, 2.24) is 0 Å². The standard InChI is InChI=1S/C27H27O4P/c1-16-10-7-11-17(2)22(16)25(28)32(31,26(29)23-18(3)12-8-13-19(23)4)27(30)24-20(5)14-9-15-21(24)6/h7-15H,1-6H3. The van der Waals surface area contributed by atoms with Gasteiger partial charge in [-0.1, -0.05) is 54.6 Å². The lowest BCUT2D eigenvalue weighted by molar-refractivity contribution is 0.100. The fraction of sp³-hybridized carbons (Fsp3) is 0.222. The van der Waals surface area contributed by atoms with E-state index < -0.39 is 23.7 Å². The van der Waals surface area contributed by atoms with E-state index in [2.05, 4.69) is 0 Å². The zero-order valence-corrected chi connectivity index (χ0v) is 20.2. The number of aryl methyl sites for hydroxylation is 6. The molecular weight excluding hydrogens is 419 g/mol. The summed E-state index contributed by atoms with van der Waals surface area (Å²) in [5.74, 6) is 0. The van der Waals surface area contributed by atoms with E-state index >= 15 is 0 Å². The average molecular weight is 446 g/mol. The van der Waals surface area contributed by atoms with Gasteiger partial charge in [0.1, 0.15) is 0 Å². The summed E-state index contributed by atoms with van der Waals surface area (Å²) in [7, 11) is -4.74. The van der Waals surface area contributed by atoms with Gasteiger partial charge in [0.15, 0.2) is 0 Å². The first-order valence-corrected chi connectivity index (χ1v) is 12.2. The Kier molecular flexibility index (Phi) is 6.48. The molecule has 3 aromatic rings. The monoisotopic (exact) mass is 446 g/mol. The molecule has 0 N–H and O–H groups in total. The zero-order valence-electron chi connectivity index (χ0n) is 19.3. The van der Waals surface area contributed by atoms with Gasteiger partial charge in [-0.3, -0.25) is 18.9 Å². The third-order valence-corrected chi connectivity index (χ3v) is 8.33. The molecule has 0 heterocycles. The van der Waals surface area contributed by atoms with E-state index in [4.69, 9.17) is 0 Å². The molecule has 4 nitrogen and oxygen atoms in total. The first kappa shape index (κ1) is 23.6. The second-order valence-corrected chi connectivity index (χ2v) is 10.8. The van der Waals surface area contributed by atoms with E-state index in [1.807, 2.05) is 0 Å². The number of hydrogen-bond acceptors (Lipinski definition) is 4. The van der Waals surface area contributed by atoms with Gasteiger partial charge in [-0.2, -0.15) is 0 Å². The van der Waals surface area contributed by atoms with E-state index in [9.17, 15) is 18.9 Å². The lowest BCUT2D eigenvalue weighted by atomic mass is 10.0. The molecule has 164 valence electrons. The van der Waals surface area contributed by atoms with E-state index in [1.54, 1.807) is 96.1 Å². The largest absolute Gasteiger partial charge is 0.298 e. The summed E-state index contributed by atoms with van der Waals surface area (Å²) in [4.78, 5) is 41.6. The first-order valence-electron chi connectivity index (χ1n) is 10.4. The summed E-state index contributed by atoms with van der Waals surface area (Å²) in [5.41, 5.74) is 1.34. The van der Waals surface area contributed by atoms with Crippen LogP contribution in [0.4, 0.5) is 0 Å². The van der Waals surface area contributed by atoms with Crippen LogP contribution in [0.1, 0.15) is 64.5 Å². The molecule has 0 spiro atoms. The molecule has 3 aromatic carbocycles. The summed E-state index contributed by atoms with van der Waals surface area (Å²) in [6.45, 7) is 10.3. The fourth-order valence-electron chi connectivity index (χ4n) is 4.20. The van der Waals surface area contributed by atoms with Crippen LogP contribution in [0.3, 0.4) is 0 Å². The van der Waals surface area contributed by atoms with Crippen LogP contribution in [-0.2, 0) is 4.57 Å². The highest BCUT2D eigenvalue weighted by Gasteiger charge is 2.50. The van der Waals surface area contributed by atoms with Gasteiger partial charge in [0.25, 0.3) is 7.14 Å². The maximum atomic E-state index is 14.6. The molecule has 0 fully saturated rings. The molecule has 0 saturated heterocycles. The third-order valence-electron chi connectivity index (χ3n) is 5.94. The summed E-state index contributed by atoms with van der Waals surface area (Å²) in [6.07, 6.45) is 0. The van der Waals surface area contributed by atoms with Gasteiger partial charge in [-0.15, -0.1) is 0 Å². The molecule has 3 rings (SSSR count). The Labute approximate surface area is 189 Å². The van der Waals surface area contributed by atoms with Gasteiger partial charge >= 0.3 is 0 Å². The zero-order chi connectivity index (χ0) is 23.8. The average Bonchev–Trinajstić information content (AvgIpc) is 2.72. The minimum absolute atomic E-state index is 0.176. The van der Waals surface area contributed by atoms with Crippen LogP contribution in [0.2, 0.25) is 0 Å². The van der Waals surface area contributed by atoms with Crippen LogP contribution in [0.25, 0.3) is 0 Å². The smallest absolute Gasteiger partial charge is 0.287 e. The van der Waals surface area contributed by atoms with Crippen LogP contribution < -0.4 is 0 Å². The van der Waals surface area contributed by atoms with Crippen molar-refractivity contribution in [1.29, 1.82) is 0 Å². The Hall–Kier alpha value is -3.10. The third kappa shape index (κ3) is 3.80. The highest BCUT2D eigenvalue weighted by molar-refractivity contribution is 8.07. The molecule has 0 aliphatic heterocycles. The van der Waals surface area contributed by atoms with E-state index in [0.717, 1.165) is 0 Å². The predicted molar refractivity (Wildman–Crippen MR) is 128 cm³/mol. The van der Waals surface area contributed by atoms with Crippen LogP contribution in [0.5, 0.6) is 0 Å². The SMILES string of the molecule is Cc1cccc(C)c1C(=O)P(=O)(C(=O)c1c(C)cccc1C)C(=O)c1c(C)cccc1C. The van der Waals surface area contributed by atoms with Gasteiger partial charge in [0.05, 0.1) is 0 Å². The lowest BCUT2D eigenvalue weighted by Crippen LogP contribution is -2.22. The van der Waals surface area contributed by atoms with Crippen molar-refractivity contribution in [2.24, 2.45) is 0 Å². The molecule has 0 saturated carbocycles. The first-order chi connectivity index (χ1) is 15.0. The Bertz CT molecular complexity index is 1100. The van der Waals surface area contributed by atoms with Crippen molar-refractivity contribution in [2.45, 2.75) is 41.5 Å². The quantitative estimate of drug-likeness (QED) is 0.394. The second kappa shape index (κ2) is 8.80. The molecule has 0 aliphatic carbocycles. The molecule has 0 amide bonds. The molecule has 0 atom stereocenters. The molecule has 0 unspecified atom stereocenters. The molecule has 0 bridgehead atoms. The van der Waals surface area contributed by atoms with Crippen molar-refractivity contribution >= 4 is 23.7 Å². The molecule has 5 heteroatoms. The Morgan fingerprint density at radius 2 is 0.656 bits per heavy atom. The number of hydrogen-bond donors (Lipinski definition) is 0. The van der Waals surface area contributed by atoms with E-state index in [-0.39, 0.29) is 16.7 Å². The molecule has 0 aromatic heterocycles. The summed E-state index contributed by atoms with van der Waals surface area (Å²) in [6, 6.07) is 15.7. The van der Waals surface area contributed by atoms with Crippen molar-refractivity contribution in [3.8, 4) is 0 Å². The Morgan fingerprint density at radius 1 is 0.469 bits per heavy atom. The Balaban J connectivity index is 2.36. The maximum absolute atomic E-state index is 14.6. The topological polar surface area (TPSA) is 68.3 Å². The van der Waals surface area contributed by atoms with Gasteiger partial charge in [0.2, 0.25) is 16.6 Å². The maximum Gasteiger partial charge on any atom is 0.287 e. The molecular formula is C27H27O4P. The van der Waals surface area contributed by atoms with Crippen LogP contribution in [0.15, 0.2) is 54.6 Å². The number of benzene rings is 3. The van der Waals surface area contributed by atoms with E-state index in [1.165, 1.54) is 0 Å². The summed E-state index contributed by atoms with van der Waals surface area (Å²) >= 11 is 0. The van der Waals surface area contributed by atoms with Crippen molar-refractivity contribution < 1.29 is 18.9 Å². The highest BCUT2D eigenvalue weighted by atomic mass is 31.2. The predicted octanol–water partition coefficient (Wildman–Crippen LogP) is 6.72. The minimum Gasteiger partial charge on any atom is -0.298 e. The van der Waals surface area contributed by atoms with Crippen molar-refractivity contribution in [3.05, 3.63) is 105 Å². The summed E-state index contributed by atoms with van der Waals surface area (Å²) < 4.78 is 14.6. The van der Waals surface area contributed by atoms with Crippen molar-refractivity contribution in [2.75, 3.05) is 0 Å². The van der Waals surface area contributed by atoms with Gasteiger partial charge < -0.3 is 0 Å². The van der Waals surface area contributed by atoms with Gasteiger partial charge in [0, 0.05) is 16.7 Å². The normalized spacial score (nSPS) is 11.3. The van der Waals surface area contributed by atoms with Crippen molar-refractivity contribution in [3.63, 3.8) is 0 Å². The number of carbonyl (C=O) groups excluding carboxylic acids is 3. The van der Waals surface area contributed by atoms with Gasteiger partial charge in [-0.05, 0) is 74.9 Å². The minimum atomic E-state index is -4.74. The van der Waals surface area contributed by atoms with E-state index in [0.29, 0.717) is 33.4 Å². The molecule has 0 radical (unpaired) electrons. The number of rotatable bonds is 6. The lowest BCUT2D eigenvalue weighted by Gasteiger charge is -2.21. The van der Waals surface area contributed by atoms with Gasteiger partial charge in [-0.25, -0.2) is 0 Å². The van der Waals surface area contributed by atoms with Crippen LogP contribution in [-0.4, -0.2) is 16.6 Å². The van der Waals surface area contributed by atoms with Crippen LogP contribution >= 0.6 is 7.14 Å². The summed E-state index contributed by atoms with van der Waals surface area (Å²) in [5, 5.41) is 0. The Morgan fingerprint density at radius 3 is 0.844 bits per heavy atom. The van der Waals surface area contributed by atoms with Crippen LogP contribution in [0, 0.1) is 41.5 Å². The molecule has 32 heavy (non-hydrogen) atoms. The molecule has 0 aliphatic rings.